The minimum Gasteiger partial charge on any atom is -0.354 e. The number of halogens is 3. The van der Waals surface area contributed by atoms with E-state index in [1.54, 1.807) is 0 Å². The second-order valence-electron chi connectivity index (χ2n) is 8.36. The van der Waals surface area contributed by atoms with Crippen molar-refractivity contribution in [2.45, 2.75) is 25.2 Å². The number of carbonyl (C=O) groups excluding carboxylic acids is 1. The number of benzene rings is 2. The highest BCUT2D eigenvalue weighted by Gasteiger charge is 2.32. The van der Waals surface area contributed by atoms with Crippen LogP contribution in [0.2, 0.25) is 0 Å². The van der Waals surface area contributed by atoms with Crippen molar-refractivity contribution in [1.29, 1.82) is 0 Å². The largest absolute Gasteiger partial charge is 0.417 e. The molecule has 0 radical (unpaired) electrons. The number of anilines is 1. The van der Waals surface area contributed by atoms with Gasteiger partial charge < -0.3 is 10.2 Å². The van der Waals surface area contributed by atoms with Gasteiger partial charge in [0.15, 0.2) is 0 Å². The molecule has 0 spiro atoms. The van der Waals surface area contributed by atoms with E-state index < -0.39 is 11.7 Å². The van der Waals surface area contributed by atoms with Crippen molar-refractivity contribution >= 4 is 11.7 Å². The number of piperazine rings is 1. The van der Waals surface area contributed by atoms with Gasteiger partial charge in [0.2, 0.25) is 5.91 Å². The molecule has 2 aromatic carbocycles. The van der Waals surface area contributed by atoms with Crippen LogP contribution in [-0.2, 0) is 11.0 Å². The molecule has 1 aromatic heterocycles. The predicted molar refractivity (Wildman–Crippen MR) is 125 cm³/mol. The number of hydrogen-bond donors (Lipinski definition) is 1. The number of hydrogen-bond acceptors (Lipinski definition) is 4. The van der Waals surface area contributed by atoms with E-state index in [2.05, 4.69) is 15.2 Å². The number of nitrogens with zero attached hydrogens (tertiary/aromatic N) is 3. The lowest BCUT2D eigenvalue weighted by Gasteiger charge is -2.38. The van der Waals surface area contributed by atoms with Gasteiger partial charge in [-0.05, 0) is 30.2 Å². The summed E-state index contributed by atoms with van der Waals surface area (Å²) < 4.78 is 38.4. The molecule has 178 valence electrons. The Morgan fingerprint density at radius 1 is 0.882 bits per heavy atom. The Labute approximate surface area is 197 Å². The third-order valence-electron chi connectivity index (χ3n) is 6.19. The van der Waals surface area contributed by atoms with E-state index in [4.69, 9.17) is 0 Å². The van der Waals surface area contributed by atoms with Crippen molar-refractivity contribution in [3.63, 3.8) is 0 Å². The summed E-state index contributed by atoms with van der Waals surface area (Å²) in [6.45, 7) is 4.26. The molecule has 1 amide bonds. The van der Waals surface area contributed by atoms with Gasteiger partial charge in [-0.1, -0.05) is 60.7 Å². The average Bonchev–Trinajstić information content (AvgIpc) is 2.87. The van der Waals surface area contributed by atoms with Crippen LogP contribution in [0.15, 0.2) is 79.0 Å². The molecule has 5 nitrogen and oxygen atoms in total. The lowest BCUT2D eigenvalue weighted by atomic mass is 9.98. The summed E-state index contributed by atoms with van der Waals surface area (Å²) >= 11 is 0. The summed E-state index contributed by atoms with van der Waals surface area (Å²) in [6.07, 6.45) is -3.53. The zero-order valence-electron chi connectivity index (χ0n) is 18.9. The maximum Gasteiger partial charge on any atom is 0.417 e. The molecule has 4 rings (SSSR count). The Kier molecular flexibility index (Phi) is 7.17. The van der Waals surface area contributed by atoms with Crippen molar-refractivity contribution in [1.82, 2.24) is 15.2 Å². The van der Waals surface area contributed by atoms with Crippen LogP contribution in [-0.4, -0.2) is 48.0 Å². The summed E-state index contributed by atoms with van der Waals surface area (Å²) in [7, 11) is 0. The van der Waals surface area contributed by atoms with Gasteiger partial charge in [-0.2, -0.15) is 13.2 Å². The van der Waals surface area contributed by atoms with Gasteiger partial charge in [-0.15, -0.1) is 0 Å². The molecule has 8 heteroatoms. The fourth-order valence-corrected chi connectivity index (χ4v) is 4.16. The van der Waals surface area contributed by atoms with E-state index >= 15 is 0 Å². The monoisotopic (exact) mass is 468 g/mol. The van der Waals surface area contributed by atoms with Gasteiger partial charge in [0.05, 0.1) is 17.6 Å². The summed E-state index contributed by atoms with van der Waals surface area (Å²) in [5, 5.41) is 3.20. The van der Waals surface area contributed by atoms with Crippen molar-refractivity contribution in [2.75, 3.05) is 31.1 Å². The number of pyridine rings is 1. The quantitative estimate of drug-likeness (QED) is 0.578. The smallest absolute Gasteiger partial charge is 0.354 e. The molecule has 1 saturated heterocycles. The lowest BCUT2D eigenvalue weighted by Crippen LogP contribution is -2.54. The standard InChI is InChI=1S/C26H27F3N4O/c1-19(25(34)31-24(20-8-4-2-5-9-20)21-10-6-3-7-11-21)32-14-16-33(17-15-32)23-13-12-22(18-30-23)26(27,28)29/h2-13,18-19,24H,14-17H2,1H3,(H,31,34)/t19-/m1/s1. The Morgan fingerprint density at radius 2 is 1.44 bits per heavy atom. The maximum atomic E-state index is 13.2. The highest BCUT2D eigenvalue weighted by molar-refractivity contribution is 5.82. The van der Waals surface area contributed by atoms with Gasteiger partial charge in [0.25, 0.3) is 0 Å². The van der Waals surface area contributed by atoms with Crippen molar-refractivity contribution in [3.05, 3.63) is 95.7 Å². The van der Waals surface area contributed by atoms with Crippen LogP contribution in [0, 0.1) is 0 Å². The average molecular weight is 469 g/mol. The Balaban J connectivity index is 1.38. The number of aromatic nitrogens is 1. The predicted octanol–water partition coefficient (Wildman–Crippen LogP) is 4.52. The third-order valence-corrected chi connectivity index (χ3v) is 6.19. The zero-order valence-corrected chi connectivity index (χ0v) is 18.9. The van der Waals surface area contributed by atoms with Crippen LogP contribution >= 0.6 is 0 Å². The van der Waals surface area contributed by atoms with Crippen molar-refractivity contribution in [2.24, 2.45) is 0 Å². The summed E-state index contributed by atoms with van der Waals surface area (Å²) in [4.78, 5) is 21.2. The fourth-order valence-electron chi connectivity index (χ4n) is 4.16. The molecule has 1 aliphatic rings. The molecule has 0 unspecified atom stereocenters. The highest BCUT2D eigenvalue weighted by Crippen LogP contribution is 2.29. The van der Waals surface area contributed by atoms with Gasteiger partial charge in [0, 0.05) is 32.4 Å². The van der Waals surface area contributed by atoms with Gasteiger partial charge in [0.1, 0.15) is 5.82 Å². The summed E-state index contributed by atoms with van der Waals surface area (Å²) in [5.74, 6) is 0.441. The topological polar surface area (TPSA) is 48.5 Å². The van der Waals surface area contributed by atoms with Gasteiger partial charge in [-0.3, -0.25) is 9.69 Å². The van der Waals surface area contributed by atoms with E-state index in [-0.39, 0.29) is 18.0 Å². The van der Waals surface area contributed by atoms with Crippen LogP contribution in [0.3, 0.4) is 0 Å². The Bertz CT molecular complexity index is 1030. The third kappa shape index (κ3) is 5.56. The van der Waals surface area contributed by atoms with Gasteiger partial charge in [-0.25, -0.2) is 4.98 Å². The molecular weight excluding hydrogens is 441 g/mol. The van der Waals surface area contributed by atoms with E-state index in [0.717, 1.165) is 23.4 Å². The number of amides is 1. The first-order chi connectivity index (χ1) is 16.3. The minimum absolute atomic E-state index is 0.0705. The van der Waals surface area contributed by atoms with E-state index in [1.165, 1.54) is 6.07 Å². The van der Waals surface area contributed by atoms with E-state index in [9.17, 15) is 18.0 Å². The highest BCUT2D eigenvalue weighted by atomic mass is 19.4. The maximum absolute atomic E-state index is 13.2. The molecular formula is C26H27F3N4O. The number of rotatable bonds is 6. The summed E-state index contributed by atoms with van der Waals surface area (Å²) in [6, 6.07) is 21.6. The second-order valence-corrected chi connectivity index (χ2v) is 8.36. The molecule has 1 fully saturated rings. The van der Waals surface area contributed by atoms with Crippen LogP contribution < -0.4 is 10.2 Å². The molecule has 0 bridgehead atoms. The first kappa shape index (κ1) is 23.8. The first-order valence-electron chi connectivity index (χ1n) is 11.3. The molecule has 1 aliphatic heterocycles. The number of alkyl halides is 3. The number of carbonyl (C=O) groups is 1. The summed E-state index contributed by atoms with van der Waals surface area (Å²) in [5.41, 5.74) is 1.26. The lowest BCUT2D eigenvalue weighted by molar-refractivity contribution is -0.137. The van der Waals surface area contributed by atoms with Crippen molar-refractivity contribution < 1.29 is 18.0 Å². The molecule has 1 N–H and O–H groups in total. The van der Waals surface area contributed by atoms with Crippen LogP contribution in [0.25, 0.3) is 0 Å². The van der Waals surface area contributed by atoms with Crippen molar-refractivity contribution in [3.8, 4) is 0 Å². The normalized spacial score (nSPS) is 15.9. The number of nitrogens with one attached hydrogen (secondary N) is 1. The van der Waals surface area contributed by atoms with E-state index in [1.807, 2.05) is 72.5 Å². The minimum atomic E-state index is -4.40. The molecule has 0 aliphatic carbocycles. The fraction of sp³-hybridized carbons (Fsp3) is 0.308. The molecule has 34 heavy (non-hydrogen) atoms. The Hall–Kier alpha value is -3.39. The van der Waals surface area contributed by atoms with Crippen LogP contribution in [0.1, 0.15) is 29.7 Å². The molecule has 1 atom stereocenters. The van der Waals surface area contributed by atoms with Gasteiger partial charge >= 0.3 is 6.18 Å². The van der Waals surface area contributed by atoms with Crippen LogP contribution in [0.4, 0.5) is 19.0 Å². The molecule has 0 saturated carbocycles. The zero-order chi connectivity index (χ0) is 24.1. The SMILES string of the molecule is C[C@H](C(=O)NC(c1ccccc1)c1ccccc1)N1CCN(c2ccc(C(F)(F)F)cn2)CC1. The Morgan fingerprint density at radius 3 is 1.91 bits per heavy atom. The second kappa shape index (κ2) is 10.3. The first-order valence-corrected chi connectivity index (χ1v) is 11.3. The van der Waals surface area contributed by atoms with E-state index in [0.29, 0.717) is 32.0 Å². The van der Waals surface area contributed by atoms with Crippen LogP contribution in [0.5, 0.6) is 0 Å². The molecule has 3 aromatic rings. The molecule has 2 heterocycles.